The van der Waals surface area contributed by atoms with Gasteiger partial charge in [-0.15, -0.1) is 0 Å². The minimum atomic E-state index is -3.17. The summed E-state index contributed by atoms with van der Waals surface area (Å²) < 4.78 is 25.9. The summed E-state index contributed by atoms with van der Waals surface area (Å²) in [6.45, 7) is 4.87. The van der Waals surface area contributed by atoms with Crippen LogP contribution in [0.1, 0.15) is 50.2 Å². The molecule has 0 radical (unpaired) electrons. The van der Waals surface area contributed by atoms with Crippen LogP contribution in [0.3, 0.4) is 0 Å². The number of pyridine rings is 1. The highest BCUT2D eigenvalue weighted by atomic mass is 32.2. The summed E-state index contributed by atoms with van der Waals surface area (Å²) in [6.07, 6.45) is 7.81. The second-order valence-corrected chi connectivity index (χ2v) is 13.3. The fraction of sp³-hybridized carbons (Fsp3) is 0.500. The van der Waals surface area contributed by atoms with Gasteiger partial charge in [0.2, 0.25) is 0 Å². The van der Waals surface area contributed by atoms with E-state index < -0.39 is 15.9 Å². The summed E-state index contributed by atoms with van der Waals surface area (Å²) in [5.74, 6) is 0.237. The number of hydrogen-bond acceptors (Lipinski definition) is 8. The molecule has 0 spiro atoms. The number of amides is 1. The molecular formula is C24H28N4O4S3. The second-order valence-electron chi connectivity index (χ2n) is 9.40. The fourth-order valence-electron chi connectivity index (χ4n) is 5.25. The van der Waals surface area contributed by atoms with Crippen LogP contribution < -0.4 is 10.5 Å². The number of nitrogens with zero attached hydrogens (tertiary/aromatic N) is 4. The third-order valence-corrected chi connectivity index (χ3v) is 10.2. The first-order valence-corrected chi connectivity index (χ1v) is 15.0. The largest absolute Gasteiger partial charge is 0.353 e. The third kappa shape index (κ3) is 4.42. The molecule has 1 amide bonds. The quantitative estimate of drug-likeness (QED) is 0.438. The molecule has 3 saturated heterocycles. The van der Waals surface area contributed by atoms with Crippen molar-refractivity contribution in [2.24, 2.45) is 0 Å². The number of thioether (sulfide) groups is 1. The van der Waals surface area contributed by atoms with E-state index in [1.807, 2.05) is 19.1 Å². The average Bonchev–Trinajstić information content (AvgIpc) is 3.32. The Morgan fingerprint density at radius 2 is 2.06 bits per heavy atom. The predicted molar refractivity (Wildman–Crippen MR) is 144 cm³/mol. The van der Waals surface area contributed by atoms with Crippen LogP contribution in [0.5, 0.6) is 0 Å². The summed E-state index contributed by atoms with van der Waals surface area (Å²) in [4.78, 5) is 36.0. The number of anilines is 1. The number of piperidine rings is 1. The monoisotopic (exact) mass is 532 g/mol. The number of rotatable bonds is 4. The minimum Gasteiger partial charge on any atom is -0.353 e. The van der Waals surface area contributed by atoms with Crippen molar-refractivity contribution in [2.45, 2.75) is 58.0 Å². The van der Waals surface area contributed by atoms with Crippen molar-refractivity contribution in [1.29, 1.82) is 0 Å². The van der Waals surface area contributed by atoms with Gasteiger partial charge < -0.3 is 4.90 Å². The van der Waals surface area contributed by atoms with Crippen molar-refractivity contribution in [3.63, 3.8) is 0 Å². The van der Waals surface area contributed by atoms with Crippen molar-refractivity contribution < 1.29 is 13.2 Å². The van der Waals surface area contributed by atoms with E-state index in [4.69, 9.17) is 17.2 Å². The maximum absolute atomic E-state index is 13.7. The van der Waals surface area contributed by atoms with E-state index in [1.54, 1.807) is 12.3 Å². The molecule has 3 fully saturated rings. The van der Waals surface area contributed by atoms with Gasteiger partial charge in [-0.2, -0.15) is 0 Å². The number of aryl methyl sites for hydroxylation is 1. The van der Waals surface area contributed by atoms with Crippen molar-refractivity contribution in [3.05, 3.63) is 44.7 Å². The van der Waals surface area contributed by atoms with Crippen LogP contribution in [0.15, 0.2) is 28.0 Å². The zero-order valence-electron chi connectivity index (χ0n) is 19.8. The number of aromatic nitrogens is 2. The van der Waals surface area contributed by atoms with Crippen LogP contribution in [-0.4, -0.2) is 63.1 Å². The maximum Gasteiger partial charge on any atom is 0.267 e. The number of hydrogen-bond donors (Lipinski definition) is 0. The number of sulfone groups is 1. The molecule has 0 bridgehead atoms. The molecule has 3 aliphatic heterocycles. The summed E-state index contributed by atoms with van der Waals surface area (Å²) >= 11 is 6.59. The van der Waals surface area contributed by atoms with E-state index in [2.05, 4.69) is 11.8 Å². The Morgan fingerprint density at radius 1 is 1.26 bits per heavy atom. The van der Waals surface area contributed by atoms with Crippen molar-refractivity contribution in [1.82, 2.24) is 14.3 Å². The maximum atomic E-state index is 13.7. The zero-order valence-corrected chi connectivity index (χ0v) is 22.2. The van der Waals surface area contributed by atoms with E-state index in [-0.39, 0.29) is 29.0 Å². The Hall–Kier alpha value is -2.24. The molecule has 8 nitrogen and oxygen atoms in total. The zero-order chi connectivity index (χ0) is 24.9. The molecule has 0 aromatic carbocycles. The highest BCUT2D eigenvalue weighted by molar-refractivity contribution is 8.26. The minimum absolute atomic E-state index is 0.0561. The molecule has 2 aromatic heterocycles. The van der Waals surface area contributed by atoms with Gasteiger partial charge in [0, 0.05) is 18.8 Å². The molecule has 0 unspecified atom stereocenters. The number of fused-ring (bicyclic) bond motifs is 1. The number of carbonyl (C=O) groups is 1. The molecule has 0 N–H and O–H groups in total. The molecular weight excluding hydrogens is 504 g/mol. The lowest BCUT2D eigenvalue weighted by atomic mass is 9.99. The molecule has 186 valence electrons. The molecule has 2 atom stereocenters. The lowest BCUT2D eigenvalue weighted by Gasteiger charge is -2.37. The summed E-state index contributed by atoms with van der Waals surface area (Å²) in [5, 5.41) is 0. The second kappa shape index (κ2) is 9.33. The summed E-state index contributed by atoms with van der Waals surface area (Å²) in [5.41, 5.74) is 1.64. The Morgan fingerprint density at radius 3 is 2.77 bits per heavy atom. The van der Waals surface area contributed by atoms with Crippen molar-refractivity contribution in [2.75, 3.05) is 23.0 Å². The van der Waals surface area contributed by atoms with Gasteiger partial charge in [0.25, 0.3) is 11.5 Å². The standard InChI is InChI=1S/C24H28N4O4S3/c1-3-16-8-4-5-10-26(16)21-18(22(29)27-11-6-7-15(2)20(27)25-21)13-19-23(30)28(24(33)34-19)17-9-12-35(31,32)14-17/h6-7,11,13,16-17H,3-5,8-10,12,14H2,1-2H3/b19-13-/t16-,17-/m0/s1. The van der Waals surface area contributed by atoms with E-state index in [0.29, 0.717) is 32.7 Å². The van der Waals surface area contributed by atoms with Gasteiger partial charge in [-0.05, 0) is 56.7 Å². The van der Waals surface area contributed by atoms with Gasteiger partial charge in [-0.1, -0.05) is 37.0 Å². The number of thiocarbonyl (C=S) groups is 1. The molecule has 0 aliphatic carbocycles. The van der Waals surface area contributed by atoms with E-state index in [9.17, 15) is 18.0 Å². The van der Waals surface area contributed by atoms with Crippen LogP contribution in [0.4, 0.5) is 5.82 Å². The first-order chi connectivity index (χ1) is 16.7. The SMILES string of the molecule is CC[C@H]1CCCCN1c1nc2c(C)cccn2c(=O)c1/C=C1\SC(=S)N([C@H]2CCS(=O)(=O)C2)C1=O. The summed E-state index contributed by atoms with van der Waals surface area (Å²) in [7, 11) is -3.17. The Balaban J connectivity index is 1.63. The van der Waals surface area contributed by atoms with Crippen molar-refractivity contribution in [3.8, 4) is 0 Å². The third-order valence-electron chi connectivity index (χ3n) is 7.11. The topological polar surface area (TPSA) is 92.1 Å². The smallest absolute Gasteiger partial charge is 0.267 e. The van der Waals surface area contributed by atoms with Gasteiger partial charge in [0.1, 0.15) is 15.8 Å². The van der Waals surface area contributed by atoms with Gasteiger partial charge in [0.05, 0.1) is 28.0 Å². The molecule has 35 heavy (non-hydrogen) atoms. The normalized spacial score (nSPS) is 25.8. The van der Waals surface area contributed by atoms with Crippen LogP contribution >= 0.6 is 24.0 Å². The number of carbonyl (C=O) groups excluding carboxylic acids is 1. The lowest BCUT2D eigenvalue weighted by Crippen LogP contribution is -2.41. The van der Waals surface area contributed by atoms with Gasteiger partial charge >= 0.3 is 0 Å². The highest BCUT2D eigenvalue weighted by Gasteiger charge is 2.42. The first-order valence-electron chi connectivity index (χ1n) is 12.0. The molecule has 5 heterocycles. The van der Waals surface area contributed by atoms with Crippen LogP contribution in [0.25, 0.3) is 11.7 Å². The van der Waals surface area contributed by atoms with E-state index in [0.717, 1.165) is 49.6 Å². The van der Waals surface area contributed by atoms with Crippen LogP contribution in [-0.2, 0) is 14.6 Å². The molecule has 5 rings (SSSR count). The van der Waals surface area contributed by atoms with Crippen LogP contribution in [0.2, 0.25) is 0 Å². The molecule has 11 heteroatoms. The first kappa shape index (κ1) is 24.5. The molecule has 3 aliphatic rings. The Bertz CT molecular complexity index is 1420. The van der Waals surface area contributed by atoms with E-state index >= 15 is 0 Å². The van der Waals surface area contributed by atoms with Crippen molar-refractivity contribution >= 4 is 61.6 Å². The van der Waals surface area contributed by atoms with Gasteiger partial charge in [-0.3, -0.25) is 18.9 Å². The lowest BCUT2D eigenvalue weighted by molar-refractivity contribution is -0.123. The average molecular weight is 533 g/mol. The molecule has 0 saturated carbocycles. The van der Waals surface area contributed by atoms with E-state index in [1.165, 1.54) is 9.30 Å². The van der Waals surface area contributed by atoms with Crippen LogP contribution in [0, 0.1) is 6.92 Å². The fourth-order valence-corrected chi connectivity index (χ4v) is 8.34. The Kier molecular flexibility index (Phi) is 6.52. The molecule has 2 aromatic rings. The summed E-state index contributed by atoms with van der Waals surface area (Å²) in [6, 6.07) is 3.56. The Labute approximate surface area is 214 Å². The van der Waals surface area contributed by atoms with Gasteiger partial charge in [-0.25, -0.2) is 13.4 Å². The van der Waals surface area contributed by atoms with Gasteiger partial charge in [0.15, 0.2) is 9.84 Å². The predicted octanol–water partition coefficient (Wildman–Crippen LogP) is 3.16. The highest BCUT2D eigenvalue weighted by Crippen LogP contribution is 2.37.